The molecule has 10 rings (SSSR count). The molecule has 5 saturated heterocycles. The average Bonchev–Trinajstić information content (AvgIpc) is 4.10. The zero-order valence-electron chi connectivity index (χ0n) is 38.6. The van der Waals surface area contributed by atoms with Crippen LogP contribution in [0.3, 0.4) is 0 Å². The van der Waals surface area contributed by atoms with E-state index in [9.17, 15) is 19.2 Å². The highest BCUT2D eigenvalue weighted by Crippen LogP contribution is 2.46. The molecule has 1 aromatic carbocycles. The molecule has 3 saturated carbocycles. The minimum atomic E-state index is -0.774. The summed E-state index contributed by atoms with van der Waals surface area (Å²) >= 11 is 0. The monoisotopic (exact) mass is 998 g/mol. The van der Waals surface area contributed by atoms with E-state index < -0.39 is 8.07 Å². The highest BCUT2D eigenvalue weighted by atomic mass is 32.0. The number of nitrogens with one attached hydrogen (secondary N) is 2. The third kappa shape index (κ3) is 17.7. The molecule has 9 aliphatic rings. The van der Waals surface area contributed by atoms with E-state index in [1.807, 2.05) is 23.5 Å². The zero-order chi connectivity index (χ0) is 45.4. The van der Waals surface area contributed by atoms with Crippen molar-refractivity contribution in [3.8, 4) is 0 Å². The summed E-state index contributed by atoms with van der Waals surface area (Å²) in [5.74, 6) is 4.26. The predicted octanol–water partition coefficient (Wildman–Crippen LogP) is 8.40. The van der Waals surface area contributed by atoms with Crippen molar-refractivity contribution in [2.45, 2.75) is 109 Å². The van der Waals surface area contributed by atoms with Crippen LogP contribution in [0.25, 0.3) is 0 Å². The Morgan fingerprint density at radius 1 is 0.651 bits per heavy atom. The largest absolute Gasteiger partial charge is 0.385 e. The van der Waals surface area contributed by atoms with E-state index in [-0.39, 0.29) is 35.5 Å². The van der Waals surface area contributed by atoms with Gasteiger partial charge in [-0.1, -0.05) is 102 Å². The van der Waals surface area contributed by atoms with Crippen LogP contribution in [0.15, 0.2) is 42.5 Å². The lowest BCUT2D eigenvalue weighted by Gasteiger charge is -2.20. The summed E-state index contributed by atoms with van der Waals surface area (Å²) in [7, 11) is 12.5. The fraction of sp³-hybridized carbons (Fsp3) is 0.733. The molecule has 14 atom stereocenters. The number of imide groups is 2. The van der Waals surface area contributed by atoms with Crippen LogP contribution in [-0.4, -0.2) is 116 Å². The van der Waals surface area contributed by atoms with Gasteiger partial charge in [-0.3, -0.25) is 48.7 Å². The van der Waals surface area contributed by atoms with Crippen LogP contribution < -0.4 is 10.6 Å². The number of benzene rings is 1. The van der Waals surface area contributed by atoms with E-state index in [4.69, 9.17) is 4.74 Å². The molecule has 354 valence electrons. The number of hydrogen-bond donors (Lipinski definition) is 2. The smallest absolute Gasteiger partial charge is 0.250 e. The van der Waals surface area contributed by atoms with Crippen LogP contribution in [0.1, 0.15) is 76.2 Å². The Hall–Kier alpha value is -0.163. The molecule has 18 heteroatoms. The summed E-state index contributed by atoms with van der Waals surface area (Å²) in [6, 6.07) is 12.5. The maximum Gasteiger partial charge on any atom is 0.250 e. The van der Waals surface area contributed by atoms with E-state index in [2.05, 4.69) is 82.8 Å². The van der Waals surface area contributed by atoms with Gasteiger partial charge in [0.05, 0.1) is 11.8 Å². The molecule has 0 spiro atoms. The van der Waals surface area contributed by atoms with Gasteiger partial charge in [0.2, 0.25) is 11.8 Å². The number of fused-ring (bicyclic) bond motifs is 4. The number of likely N-dealkylation sites (tertiary alicyclic amines) is 1. The molecule has 3 aliphatic carbocycles. The fourth-order valence-corrected chi connectivity index (χ4v) is 16.5. The van der Waals surface area contributed by atoms with E-state index in [0.717, 1.165) is 74.0 Å². The molecule has 0 aromatic heterocycles. The number of carbonyl (C=O) groups is 4. The third-order valence-electron chi connectivity index (χ3n) is 14.2. The number of nitrogens with zero attached hydrogens (tertiary/aromatic N) is 4. The lowest BCUT2D eigenvalue weighted by atomic mass is 10.00. The lowest BCUT2D eigenvalue weighted by molar-refractivity contribution is -0.127. The first-order valence-corrected chi connectivity index (χ1v) is 35.6. The summed E-state index contributed by atoms with van der Waals surface area (Å²) in [5.41, 5.74) is 1.22. The Morgan fingerprint density at radius 2 is 1.14 bits per heavy atom. The molecule has 8 fully saturated rings. The van der Waals surface area contributed by atoms with Crippen LogP contribution in [0, 0.1) is 41.4 Å². The van der Waals surface area contributed by atoms with Crippen molar-refractivity contribution in [3.63, 3.8) is 0 Å². The first-order valence-electron chi connectivity index (χ1n) is 23.6. The maximum absolute atomic E-state index is 11.5. The molecule has 2 N–H and O–H groups in total. The second-order valence-electron chi connectivity index (χ2n) is 19.9. The summed E-state index contributed by atoms with van der Waals surface area (Å²) < 4.78 is 12.8. The van der Waals surface area contributed by atoms with Gasteiger partial charge in [0.15, 0.2) is 0 Å². The summed E-state index contributed by atoms with van der Waals surface area (Å²) in [6.45, 7) is 17.3. The van der Waals surface area contributed by atoms with Gasteiger partial charge >= 0.3 is 0 Å². The number of methoxy groups -OCH3 is 1. The van der Waals surface area contributed by atoms with Crippen molar-refractivity contribution >= 4 is 83.7 Å². The van der Waals surface area contributed by atoms with Gasteiger partial charge < -0.3 is 4.74 Å². The van der Waals surface area contributed by atoms with Crippen molar-refractivity contribution in [1.29, 1.82) is 0 Å². The molecule has 0 radical (unpaired) electrons. The van der Waals surface area contributed by atoms with E-state index in [1.54, 1.807) is 7.11 Å². The topological polar surface area (TPSA) is 115 Å². The molecule has 4 amide bonds. The van der Waals surface area contributed by atoms with Gasteiger partial charge in [0, 0.05) is 92.3 Å². The Morgan fingerprint density at radius 3 is 1.57 bits per heavy atom. The second-order valence-corrected chi connectivity index (χ2v) is 30.5. The molecule has 6 aliphatic heterocycles. The number of carbonyl (C=O) groups excluding carboxylic acids is 4. The van der Waals surface area contributed by atoms with Crippen LogP contribution >= 0.6 is 52.0 Å². The van der Waals surface area contributed by atoms with Crippen LogP contribution in [0.5, 0.6) is 0 Å². The number of ether oxygens (including phenoxy) is 1. The van der Waals surface area contributed by atoms with E-state index in [1.165, 1.54) is 127 Å². The lowest BCUT2D eigenvalue weighted by Crippen LogP contribution is -2.31. The van der Waals surface area contributed by atoms with Crippen LogP contribution in [-0.2, 0) is 30.5 Å². The highest BCUT2D eigenvalue weighted by molar-refractivity contribution is 8.02. The minimum absolute atomic E-state index is 0.101. The molecule has 6 heterocycles. The van der Waals surface area contributed by atoms with Gasteiger partial charge in [0.25, 0.3) is 11.8 Å². The zero-order valence-corrected chi connectivity index (χ0v) is 46.0. The summed E-state index contributed by atoms with van der Waals surface area (Å²) in [5, 5.41) is 4.43. The third-order valence-corrected chi connectivity index (χ3v) is 21.6. The van der Waals surface area contributed by atoms with E-state index in [0.29, 0.717) is 13.1 Å². The summed E-state index contributed by atoms with van der Waals surface area (Å²) in [6.07, 6.45) is 18.6. The highest BCUT2D eigenvalue weighted by Gasteiger charge is 2.47. The van der Waals surface area contributed by atoms with Crippen molar-refractivity contribution in [2.75, 3.05) is 59.5 Å². The van der Waals surface area contributed by atoms with Gasteiger partial charge in [0.1, 0.15) is 0 Å². The fourth-order valence-electron chi connectivity index (χ4n) is 10.9. The predicted molar refractivity (Wildman–Crippen MR) is 280 cm³/mol. The van der Waals surface area contributed by atoms with Crippen molar-refractivity contribution in [1.82, 2.24) is 29.5 Å². The minimum Gasteiger partial charge on any atom is -0.385 e. The molecule has 0 bridgehead atoms. The van der Waals surface area contributed by atoms with Gasteiger partial charge in [-0.2, -0.15) is 0 Å². The van der Waals surface area contributed by atoms with Crippen molar-refractivity contribution in [2.24, 2.45) is 41.4 Å². The van der Waals surface area contributed by atoms with Crippen molar-refractivity contribution in [3.05, 3.63) is 48.0 Å². The van der Waals surface area contributed by atoms with Crippen molar-refractivity contribution < 1.29 is 23.9 Å². The molecule has 11 nitrogen and oxygen atoms in total. The molecular weight excluding hydrogens is 918 g/mol. The first kappa shape index (κ1) is 53.8. The molecule has 14 unspecified atom stereocenters. The quantitative estimate of drug-likeness (QED) is 0.109. The molecule has 63 heavy (non-hydrogen) atoms. The molecule has 1 aromatic rings. The number of hydrogen-bond acceptors (Lipinski definition) is 9. The Bertz CT molecular complexity index is 1540. The average molecular weight is 999 g/mol. The van der Waals surface area contributed by atoms with Gasteiger partial charge in [-0.05, 0) is 112 Å². The number of rotatable bonds is 9. The Kier molecular flexibility index (Phi) is 23.7. The normalized spacial score (nSPS) is 31.2. The summed E-state index contributed by atoms with van der Waals surface area (Å²) in [4.78, 5) is 45.3. The van der Waals surface area contributed by atoms with Crippen LogP contribution in [0.4, 0.5) is 0 Å². The second kappa shape index (κ2) is 27.7. The van der Waals surface area contributed by atoms with E-state index >= 15 is 0 Å². The van der Waals surface area contributed by atoms with Crippen LogP contribution in [0.2, 0.25) is 25.7 Å². The SMILES string of the molecule is COCCC[Si](C)(C)C.O=C1C=CC(=O)N1.O=C1NC(=O)C2CN(Cc3ccccc3)CC12.PPN1CC2CCCC2C1.PPN1CC2CCCC2C1.PPN1CCC2CCCC21. The van der Waals surface area contributed by atoms with Gasteiger partial charge in [-0.25, -0.2) is 0 Å². The maximum atomic E-state index is 11.5. The van der Waals surface area contributed by atoms with Gasteiger partial charge in [-0.15, -0.1) is 0 Å². The first-order chi connectivity index (χ1) is 30.3. The Labute approximate surface area is 393 Å². The molecular formula is C45H80N6O5P6Si. The number of amides is 4. The Balaban J connectivity index is 0.000000146. The standard InChI is InChI=1S/C13H14N2O2.3C7H15NP2.C7H18OSi.C4H3NO2/c16-12-10-7-15(8-11(10)13(17)14-12)6-9-4-2-1-3-5-9;2*9-10-8-4-6-2-1-3-7(6)5-8;9-10-8-5-4-6-2-1-3-7(6)8;1-8-6-5-7-9(2,3)4;6-3-1-2-4(7)5-3/h1-5,10-11H,6-8H2,(H,14,16,17);3*6-7,10H,1-5,9H2;5-7H2,1-4H3;1-2H,(H,5,6,7).